The third-order valence-corrected chi connectivity index (χ3v) is 8.62. The first-order chi connectivity index (χ1) is 17.8. The first-order valence-electron chi connectivity index (χ1n) is 13.8. The predicted octanol–water partition coefficient (Wildman–Crippen LogP) is 5.34. The first kappa shape index (κ1) is 25.9. The normalized spacial score (nSPS) is 21.6. The van der Waals surface area contributed by atoms with Gasteiger partial charge in [-0.15, -0.1) is 0 Å². The number of fused-ring (bicyclic) bond motifs is 1. The molecule has 1 aliphatic carbocycles. The second-order valence-electron chi connectivity index (χ2n) is 11.4. The van der Waals surface area contributed by atoms with Crippen molar-refractivity contribution in [3.8, 4) is 5.69 Å². The predicted molar refractivity (Wildman–Crippen MR) is 147 cm³/mol. The first-order valence-corrected chi connectivity index (χ1v) is 13.8. The van der Waals surface area contributed by atoms with E-state index in [1.54, 1.807) is 18.0 Å². The van der Waals surface area contributed by atoms with E-state index >= 15 is 0 Å². The maximum Gasteiger partial charge on any atom is 0.256 e. The Morgan fingerprint density at radius 2 is 1.86 bits per heavy atom. The molecule has 1 aromatic carbocycles. The average molecular weight is 506 g/mol. The van der Waals surface area contributed by atoms with Crippen LogP contribution < -0.4 is 5.73 Å². The third-order valence-electron chi connectivity index (χ3n) is 8.62. The Bertz CT molecular complexity index is 1240. The molecule has 198 valence electrons. The van der Waals surface area contributed by atoms with E-state index in [-0.39, 0.29) is 11.9 Å². The molecule has 7 heteroatoms. The summed E-state index contributed by atoms with van der Waals surface area (Å²) in [6, 6.07) is 6.99. The molecule has 2 aromatic heterocycles. The molecule has 5 rings (SSSR count). The number of nitrogens with zero attached hydrogens (tertiary/aromatic N) is 4. The molecule has 0 unspecified atom stereocenters. The smallest absolute Gasteiger partial charge is 0.256 e. The quantitative estimate of drug-likeness (QED) is 0.491. The second kappa shape index (κ2) is 10.9. The van der Waals surface area contributed by atoms with Crippen LogP contribution in [0, 0.1) is 11.7 Å². The number of aromatic nitrogens is 2. The van der Waals surface area contributed by atoms with E-state index in [0.29, 0.717) is 23.2 Å². The lowest BCUT2D eigenvalue weighted by molar-refractivity contribution is 0.0754. The molecule has 1 saturated heterocycles. The fourth-order valence-electron chi connectivity index (χ4n) is 6.10. The van der Waals surface area contributed by atoms with Crippen molar-refractivity contribution in [2.75, 3.05) is 26.7 Å². The molecular formula is C30H40FN5O. The molecule has 2 N–H and O–H groups in total. The van der Waals surface area contributed by atoms with Gasteiger partial charge in [0.25, 0.3) is 5.91 Å². The largest absolute Gasteiger partial charge is 0.339 e. The summed E-state index contributed by atoms with van der Waals surface area (Å²) in [7, 11) is 1.76. The highest BCUT2D eigenvalue weighted by atomic mass is 19.1. The highest BCUT2D eigenvalue weighted by molar-refractivity contribution is 5.99. The topological polar surface area (TPSA) is 67.4 Å². The molecule has 1 saturated carbocycles. The van der Waals surface area contributed by atoms with Crippen LogP contribution in [-0.4, -0.2) is 64.0 Å². The van der Waals surface area contributed by atoms with Crippen LogP contribution >= 0.6 is 0 Å². The zero-order chi connectivity index (χ0) is 26.1. The minimum absolute atomic E-state index is 0.0118. The molecule has 0 spiro atoms. The van der Waals surface area contributed by atoms with Gasteiger partial charge in [-0.05, 0) is 107 Å². The molecule has 2 aliphatic rings. The average Bonchev–Trinajstić information content (AvgIpc) is 3.29. The van der Waals surface area contributed by atoms with Gasteiger partial charge < -0.3 is 20.1 Å². The van der Waals surface area contributed by atoms with Crippen molar-refractivity contribution in [2.24, 2.45) is 11.7 Å². The SMILES string of the molecule is CC(C)N(C)C(=O)c1cc(F)ccc1-n1cc(C2CCN(CC3CCC(N)CC3)CC2)c2ccncc21. The molecule has 0 atom stereocenters. The van der Waals surface area contributed by atoms with Crippen molar-refractivity contribution in [3.63, 3.8) is 0 Å². The van der Waals surface area contributed by atoms with E-state index in [9.17, 15) is 9.18 Å². The number of carbonyl (C=O) groups is 1. The Kier molecular flexibility index (Phi) is 7.63. The van der Waals surface area contributed by atoms with Crippen LogP contribution in [0.1, 0.15) is 74.2 Å². The van der Waals surface area contributed by atoms with E-state index in [2.05, 4.69) is 22.1 Å². The van der Waals surface area contributed by atoms with Gasteiger partial charge in [0, 0.05) is 43.5 Å². The number of nitrogens with two attached hydrogens (primary N) is 1. The van der Waals surface area contributed by atoms with Gasteiger partial charge in [-0.3, -0.25) is 9.78 Å². The molecule has 0 bridgehead atoms. The highest BCUT2D eigenvalue weighted by Crippen LogP contribution is 2.37. The monoisotopic (exact) mass is 505 g/mol. The van der Waals surface area contributed by atoms with Crippen LogP contribution in [0.2, 0.25) is 0 Å². The molecule has 2 fully saturated rings. The summed E-state index contributed by atoms with van der Waals surface area (Å²) in [6.45, 7) is 7.31. The summed E-state index contributed by atoms with van der Waals surface area (Å²) in [6.07, 6.45) is 12.9. The number of benzene rings is 1. The zero-order valence-corrected chi connectivity index (χ0v) is 22.4. The Morgan fingerprint density at radius 3 is 2.57 bits per heavy atom. The maximum atomic E-state index is 14.3. The van der Waals surface area contributed by atoms with Crippen LogP contribution in [0.4, 0.5) is 4.39 Å². The lowest BCUT2D eigenvalue weighted by atomic mass is 9.85. The summed E-state index contributed by atoms with van der Waals surface area (Å²) < 4.78 is 16.4. The molecule has 1 aliphatic heterocycles. The van der Waals surface area contributed by atoms with Gasteiger partial charge in [0.2, 0.25) is 0 Å². The number of hydrogen-bond donors (Lipinski definition) is 1. The molecule has 3 heterocycles. The van der Waals surface area contributed by atoms with E-state index in [1.807, 2.05) is 30.8 Å². The highest BCUT2D eigenvalue weighted by Gasteiger charge is 2.28. The number of halogens is 1. The number of hydrogen-bond acceptors (Lipinski definition) is 4. The van der Waals surface area contributed by atoms with Gasteiger partial charge in [-0.2, -0.15) is 0 Å². The lowest BCUT2D eigenvalue weighted by Crippen LogP contribution is -2.38. The molecular weight excluding hydrogens is 465 g/mol. The Balaban J connectivity index is 1.41. The van der Waals surface area contributed by atoms with Crippen LogP contribution in [-0.2, 0) is 0 Å². The number of amides is 1. The van der Waals surface area contributed by atoms with E-state index < -0.39 is 5.82 Å². The third kappa shape index (κ3) is 5.43. The van der Waals surface area contributed by atoms with Crippen LogP contribution in [0.15, 0.2) is 42.9 Å². The van der Waals surface area contributed by atoms with Crippen molar-refractivity contribution in [2.45, 2.75) is 70.4 Å². The number of carbonyl (C=O) groups excluding carboxylic acids is 1. The summed E-state index contributed by atoms with van der Waals surface area (Å²) >= 11 is 0. The fourth-order valence-corrected chi connectivity index (χ4v) is 6.10. The number of rotatable bonds is 6. The Morgan fingerprint density at radius 1 is 1.14 bits per heavy atom. The van der Waals surface area contributed by atoms with E-state index in [0.717, 1.165) is 55.6 Å². The summed E-state index contributed by atoms with van der Waals surface area (Å²) in [5, 5.41) is 1.16. The number of pyridine rings is 1. The molecule has 37 heavy (non-hydrogen) atoms. The lowest BCUT2D eigenvalue weighted by Gasteiger charge is -2.36. The van der Waals surface area contributed by atoms with Crippen LogP contribution in [0.25, 0.3) is 16.6 Å². The number of piperidine rings is 1. The Labute approximate surface area is 219 Å². The molecule has 6 nitrogen and oxygen atoms in total. The van der Waals surface area contributed by atoms with Crippen molar-refractivity contribution < 1.29 is 9.18 Å². The van der Waals surface area contributed by atoms with E-state index in [1.165, 1.54) is 37.1 Å². The van der Waals surface area contributed by atoms with Crippen LogP contribution in [0.5, 0.6) is 0 Å². The van der Waals surface area contributed by atoms with Gasteiger partial charge in [-0.1, -0.05) is 0 Å². The molecule has 3 aromatic rings. The molecule has 0 radical (unpaired) electrons. The van der Waals surface area contributed by atoms with Crippen molar-refractivity contribution >= 4 is 16.8 Å². The summed E-state index contributed by atoms with van der Waals surface area (Å²) in [5.41, 5.74) is 9.40. The maximum absolute atomic E-state index is 14.3. The van der Waals surface area contributed by atoms with Crippen molar-refractivity contribution in [3.05, 3.63) is 59.8 Å². The Hall–Kier alpha value is -2.77. The van der Waals surface area contributed by atoms with Gasteiger partial charge >= 0.3 is 0 Å². The minimum Gasteiger partial charge on any atom is -0.339 e. The zero-order valence-electron chi connectivity index (χ0n) is 22.4. The van der Waals surface area contributed by atoms with Gasteiger partial charge in [-0.25, -0.2) is 4.39 Å². The summed E-state index contributed by atoms with van der Waals surface area (Å²) in [4.78, 5) is 22.0. The summed E-state index contributed by atoms with van der Waals surface area (Å²) in [5.74, 6) is 0.628. The van der Waals surface area contributed by atoms with Gasteiger partial charge in [0.05, 0.1) is 23.0 Å². The second-order valence-corrected chi connectivity index (χ2v) is 11.4. The van der Waals surface area contributed by atoms with Gasteiger partial charge in [0.1, 0.15) is 5.82 Å². The van der Waals surface area contributed by atoms with Crippen molar-refractivity contribution in [1.29, 1.82) is 0 Å². The fraction of sp³-hybridized carbons (Fsp3) is 0.533. The van der Waals surface area contributed by atoms with Gasteiger partial charge in [0.15, 0.2) is 0 Å². The number of likely N-dealkylation sites (tertiary alicyclic amines) is 1. The van der Waals surface area contributed by atoms with Crippen LogP contribution in [0.3, 0.4) is 0 Å². The minimum atomic E-state index is -0.411. The standard InChI is InChI=1S/C30H40FN5O/c1-20(2)34(3)30(37)26-16-23(31)6-9-28(26)36-19-27(25-10-13-33-17-29(25)36)22-11-14-35(15-12-22)18-21-4-7-24(32)8-5-21/h6,9-10,13,16-17,19-22,24H,4-5,7-8,11-12,14-15,18,32H2,1-3H3. The van der Waals surface area contributed by atoms with E-state index in [4.69, 9.17) is 5.73 Å². The van der Waals surface area contributed by atoms with Crippen molar-refractivity contribution in [1.82, 2.24) is 19.4 Å². The molecule has 1 amide bonds.